The summed E-state index contributed by atoms with van der Waals surface area (Å²) in [6.07, 6.45) is 4.56. The van der Waals surface area contributed by atoms with Gasteiger partial charge in [-0.15, -0.1) is 5.10 Å². The third-order valence-electron chi connectivity index (χ3n) is 4.03. The Morgan fingerprint density at radius 1 is 1.07 bits per heavy atom. The molecule has 1 N–H and O–H groups in total. The SMILES string of the molecule is CCCCCCNC(=O)COCCOCCOc1ccc(-n2nnnc2P)cc1. The minimum absolute atomic E-state index is 0.0687. The van der Waals surface area contributed by atoms with Crippen LogP contribution in [0.15, 0.2) is 24.3 Å². The van der Waals surface area contributed by atoms with E-state index in [0.717, 1.165) is 24.3 Å². The van der Waals surface area contributed by atoms with Gasteiger partial charge in [0.2, 0.25) is 5.91 Å². The topological polar surface area (TPSA) is 100 Å². The van der Waals surface area contributed by atoms with Crippen LogP contribution >= 0.6 is 9.24 Å². The number of amides is 1. The van der Waals surface area contributed by atoms with Crippen LogP contribution in [0.3, 0.4) is 0 Å². The molecule has 1 amide bonds. The Morgan fingerprint density at radius 3 is 2.55 bits per heavy atom. The van der Waals surface area contributed by atoms with Crippen LogP contribution in [0, 0.1) is 0 Å². The number of nitrogens with zero attached hydrogens (tertiary/aromatic N) is 4. The molecule has 1 unspecified atom stereocenters. The lowest BCUT2D eigenvalue weighted by atomic mass is 10.2. The Bertz CT molecular complexity index is 711. The molecule has 29 heavy (non-hydrogen) atoms. The van der Waals surface area contributed by atoms with E-state index >= 15 is 0 Å². The Morgan fingerprint density at radius 2 is 1.83 bits per heavy atom. The van der Waals surface area contributed by atoms with E-state index < -0.39 is 0 Å². The average Bonchev–Trinajstić information content (AvgIpc) is 3.16. The molecule has 10 heteroatoms. The number of carbonyl (C=O) groups excluding carboxylic acids is 1. The van der Waals surface area contributed by atoms with Gasteiger partial charge in [0.1, 0.15) is 19.0 Å². The van der Waals surface area contributed by atoms with Crippen molar-refractivity contribution in [3.05, 3.63) is 24.3 Å². The average molecular weight is 423 g/mol. The predicted octanol–water partition coefficient (Wildman–Crippen LogP) is 1.27. The number of benzene rings is 1. The van der Waals surface area contributed by atoms with Crippen LogP contribution in [0.2, 0.25) is 0 Å². The molecule has 0 aliphatic heterocycles. The van der Waals surface area contributed by atoms with Crippen molar-refractivity contribution in [1.29, 1.82) is 0 Å². The summed E-state index contributed by atoms with van der Waals surface area (Å²) in [6.45, 7) is 4.61. The van der Waals surface area contributed by atoms with Gasteiger partial charge in [0.25, 0.3) is 0 Å². The molecule has 0 radical (unpaired) electrons. The first-order valence-corrected chi connectivity index (χ1v) is 10.5. The fourth-order valence-electron chi connectivity index (χ4n) is 2.50. The number of nitrogens with one attached hydrogen (secondary N) is 1. The van der Waals surface area contributed by atoms with E-state index in [9.17, 15) is 4.79 Å². The van der Waals surface area contributed by atoms with Crippen LogP contribution in [-0.4, -0.2) is 65.7 Å². The third-order valence-corrected chi connectivity index (χ3v) is 4.39. The molecule has 160 valence electrons. The lowest BCUT2D eigenvalue weighted by Gasteiger charge is -2.09. The van der Waals surface area contributed by atoms with Gasteiger partial charge in [0.15, 0.2) is 5.57 Å². The van der Waals surface area contributed by atoms with Crippen LogP contribution < -0.4 is 15.6 Å². The van der Waals surface area contributed by atoms with Crippen molar-refractivity contribution in [2.45, 2.75) is 32.6 Å². The molecule has 2 aromatic rings. The molecular formula is C19H30N5O4P. The van der Waals surface area contributed by atoms with E-state index in [1.54, 1.807) is 4.68 Å². The summed E-state index contributed by atoms with van der Waals surface area (Å²) >= 11 is 0. The van der Waals surface area contributed by atoms with Crippen LogP contribution in [0.5, 0.6) is 5.75 Å². The van der Waals surface area contributed by atoms with Crippen molar-refractivity contribution in [3.63, 3.8) is 0 Å². The van der Waals surface area contributed by atoms with Crippen LogP contribution in [0.4, 0.5) is 0 Å². The number of rotatable bonds is 15. The maximum absolute atomic E-state index is 11.6. The summed E-state index contributed by atoms with van der Waals surface area (Å²) in [5.74, 6) is 0.659. The number of ether oxygens (including phenoxy) is 3. The number of carbonyl (C=O) groups is 1. The fourth-order valence-corrected chi connectivity index (χ4v) is 2.75. The van der Waals surface area contributed by atoms with Gasteiger partial charge in [-0.25, -0.2) is 0 Å². The number of hydrogen-bond acceptors (Lipinski definition) is 7. The maximum atomic E-state index is 11.6. The number of hydrogen-bond donors (Lipinski definition) is 1. The van der Waals surface area contributed by atoms with Crippen LogP contribution in [0.25, 0.3) is 5.69 Å². The van der Waals surface area contributed by atoms with Crippen molar-refractivity contribution in [1.82, 2.24) is 25.5 Å². The molecule has 9 nitrogen and oxygen atoms in total. The first-order valence-electron chi connectivity index (χ1n) is 9.90. The van der Waals surface area contributed by atoms with Gasteiger partial charge in [0.05, 0.1) is 25.5 Å². The molecule has 1 atom stereocenters. The Hall–Kier alpha value is -2.09. The van der Waals surface area contributed by atoms with E-state index in [2.05, 4.69) is 37.0 Å². The minimum Gasteiger partial charge on any atom is -0.491 e. The van der Waals surface area contributed by atoms with Crippen LogP contribution in [-0.2, 0) is 14.3 Å². The molecule has 1 aromatic carbocycles. The number of unbranched alkanes of at least 4 members (excludes halogenated alkanes) is 3. The quantitative estimate of drug-likeness (QED) is 0.340. The molecule has 1 heterocycles. The fraction of sp³-hybridized carbons (Fsp3) is 0.579. The summed E-state index contributed by atoms with van der Waals surface area (Å²) in [5.41, 5.74) is 1.49. The van der Waals surface area contributed by atoms with Gasteiger partial charge < -0.3 is 19.5 Å². The zero-order valence-corrected chi connectivity index (χ0v) is 18.0. The summed E-state index contributed by atoms with van der Waals surface area (Å²) < 4.78 is 18.0. The largest absolute Gasteiger partial charge is 0.491 e. The standard InChI is InChI=1S/C19H30N5O4P/c1-2-3-4-5-10-20-18(25)15-27-12-11-26-13-14-28-17-8-6-16(7-9-17)24-19(29)21-22-23-24/h6-9H,2-5,10-15,29H2,1H3,(H,20,25). The second-order valence-electron chi connectivity index (χ2n) is 6.37. The van der Waals surface area contributed by atoms with Gasteiger partial charge in [-0.1, -0.05) is 35.4 Å². The van der Waals surface area contributed by atoms with E-state index in [1.807, 2.05) is 24.3 Å². The zero-order valence-electron chi connectivity index (χ0n) is 16.9. The first kappa shape index (κ1) is 23.2. The normalized spacial score (nSPS) is 10.8. The molecule has 0 aliphatic rings. The highest BCUT2D eigenvalue weighted by molar-refractivity contribution is 7.26. The molecule has 0 fully saturated rings. The summed E-state index contributed by atoms with van der Waals surface area (Å²) in [5, 5.41) is 14.2. The first-order chi connectivity index (χ1) is 14.2. The van der Waals surface area contributed by atoms with E-state index in [4.69, 9.17) is 14.2 Å². The molecule has 0 spiro atoms. The van der Waals surface area contributed by atoms with E-state index in [-0.39, 0.29) is 12.5 Å². The van der Waals surface area contributed by atoms with Crippen molar-refractivity contribution >= 4 is 20.7 Å². The highest BCUT2D eigenvalue weighted by Crippen LogP contribution is 2.14. The Labute approximate surface area is 173 Å². The molecule has 0 saturated carbocycles. The lowest BCUT2D eigenvalue weighted by molar-refractivity contribution is -0.126. The molecule has 0 aliphatic carbocycles. The van der Waals surface area contributed by atoms with Crippen molar-refractivity contribution in [3.8, 4) is 11.4 Å². The maximum Gasteiger partial charge on any atom is 0.245 e. The summed E-state index contributed by atoms with van der Waals surface area (Å²) in [4.78, 5) is 11.6. The van der Waals surface area contributed by atoms with Gasteiger partial charge in [-0.2, -0.15) is 4.68 Å². The molecule has 1 aromatic heterocycles. The molecule has 2 rings (SSSR count). The van der Waals surface area contributed by atoms with E-state index in [0.29, 0.717) is 38.5 Å². The highest BCUT2D eigenvalue weighted by Gasteiger charge is 2.04. The number of aromatic nitrogens is 4. The minimum atomic E-state index is -0.0799. The van der Waals surface area contributed by atoms with E-state index in [1.165, 1.54) is 12.8 Å². The molecule has 0 bridgehead atoms. The van der Waals surface area contributed by atoms with Gasteiger partial charge >= 0.3 is 0 Å². The summed E-state index contributed by atoms with van der Waals surface area (Å²) in [6, 6.07) is 7.46. The smallest absolute Gasteiger partial charge is 0.245 e. The van der Waals surface area contributed by atoms with Crippen LogP contribution in [0.1, 0.15) is 32.6 Å². The van der Waals surface area contributed by atoms with Crippen molar-refractivity contribution in [2.75, 3.05) is 39.6 Å². The molecule has 0 saturated heterocycles. The van der Waals surface area contributed by atoms with Crippen molar-refractivity contribution in [2.24, 2.45) is 0 Å². The number of tetrazole rings is 1. The van der Waals surface area contributed by atoms with Crippen molar-refractivity contribution < 1.29 is 19.0 Å². The predicted molar refractivity (Wildman–Crippen MR) is 113 cm³/mol. The molecular weight excluding hydrogens is 393 g/mol. The van der Waals surface area contributed by atoms with Gasteiger partial charge in [-0.05, 0) is 41.1 Å². The summed E-state index contributed by atoms with van der Waals surface area (Å²) in [7, 11) is 2.48. The second kappa shape index (κ2) is 14.0. The lowest BCUT2D eigenvalue weighted by Crippen LogP contribution is -2.29. The third kappa shape index (κ3) is 9.30. The van der Waals surface area contributed by atoms with Gasteiger partial charge in [0, 0.05) is 6.54 Å². The Kier molecular flexibility index (Phi) is 11.2. The monoisotopic (exact) mass is 423 g/mol. The highest BCUT2D eigenvalue weighted by atomic mass is 31.0. The zero-order chi connectivity index (χ0) is 20.7. The second-order valence-corrected chi connectivity index (χ2v) is 6.88. The Balaban J connectivity index is 1.46. The van der Waals surface area contributed by atoms with Gasteiger partial charge in [-0.3, -0.25) is 4.79 Å².